The predicted molar refractivity (Wildman–Crippen MR) is 112 cm³/mol. The summed E-state index contributed by atoms with van der Waals surface area (Å²) in [4.78, 5) is 21.2. The van der Waals surface area contributed by atoms with Gasteiger partial charge in [-0.25, -0.2) is 14.6 Å². The molecule has 1 N–H and O–H groups in total. The maximum Gasteiger partial charge on any atom is 0.255 e. The van der Waals surface area contributed by atoms with E-state index >= 15 is 0 Å². The van der Waals surface area contributed by atoms with Crippen molar-refractivity contribution in [1.82, 2.24) is 19.7 Å². The fraction of sp³-hybridized carbons (Fsp3) is 0.100. The van der Waals surface area contributed by atoms with Crippen LogP contribution in [0.25, 0.3) is 5.82 Å². The topological polar surface area (TPSA) is 72.7 Å². The minimum Gasteiger partial charge on any atom is -0.321 e. The number of hydrogen-bond acceptors (Lipinski definition) is 6. The number of thiazole rings is 1. The molecule has 0 aliphatic heterocycles. The van der Waals surface area contributed by atoms with E-state index in [9.17, 15) is 4.79 Å². The molecule has 0 bridgehead atoms. The quantitative estimate of drug-likeness (QED) is 0.474. The Kier molecular flexibility index (Phi) is 5.50. The summed E-state index contributed by atoms with van der Waals surface area (Å²) in [7, 11) is 0. The summed E-state index contributed by atoms with van der Waals surface area (Å²) < 4.78 is 2.72. The fourth-order valence-electron chi connectivity index (χ4n) is 2.50. The van der Waals surface area contributed by atoms with Gasteiger partial charge in [-0.1, -0.05) is 23.9 Å². The molecule has 0 saturated heterocycles. The Bertz CT molecular complexity index is 1060. The van der Waals surface area contributed by atoms with Gasteiger partial charge in [-0.3, -0.25) is 4.79 Å². The third-order valence-electron chi connectivity index (χ3n) is 3.92. The monoisotopic (exact) mass is 407 g/mol. The minimum atomic E-state index is -0.164. The lowest BCUT2D eigenvalue weighted by Crippen LogP contribution is -2.12. The molecule has 28 heavy (non-hydrogen) atoms. The number of carbonyl (C=O) groups excluding carboxylic acids is 1. The van der Waals surface area contributed by atoms with E-state index in [1.165, 1.54) is 0 Å². The first-order chi connectivity index (χ1) is 13.7. The number of thioether (sulfide) groups is 1. The summed E-state index contributed by atoms with van der Waals surface area (Å²) in [6, 6.07) is 13.1. The number of nitrogens with zero attached hydrogens (tertiary/aromatic N) is 4. The van der Waals surface area contributed by atoms with Gasteiger partial charge in [-0.05, 0) is 42.8 Å². The Hall–Kier alpha value is -2.97. The molecule has 4 aromatic rings. The highest BCUT2D eigenvalue weighted by molar-refractivity contribution is 8.00. The Labute approximate surface area is 170 Å². The lowest BCUT2D eigenvalue weighted by Gasteiger charge is -2.07. The number of anilines is 1. The maximum atomic E-state index is 12.5. The van der Waals surface area contributed by atoms with Crippen molar-refractivity contribution in [2.24, 2.45) is 0 Å². The van der Waals surface area contributed by atoms with Crippen LogP contribution in [0.4, 0.5) is 5.69 Å². The van der Waals surface area contributed by atoms with Crippen LogP contribution in [-0.2, 0) is 5.75 Å². The largest absolute Gasteiger partial charge is 0.321 e. The molecule has 0 fully saturated rings. The summed E-state index contributed by atoms with van der Waals surface area (Å²) in [6.45, 7) is 1.99. The molecule has 0 saturated carbocycles. The van der Waals surface area contributed by atoms with Crippen molar-refractivity contribution in [3.63, 3.8) is 0 Å². The molecule has 0 aliphatic carbocycles. The lowest BCUT2D eigenvalue weighted by molar-refractivity contribution is 0.102. The second-order valence-electron chi connectivity index (χ2n) is 6.05. The molecule has 0 aliphatic rings. The highest BCUT2D eigenvalue weighted by atomic mass is 32.2. The van der Waals surface area contributed by atoms with Gasteiger partial charge in [-0.2, -0.15) is 5.10 Å². The first kappa shape index (κ1) is 18.4. The van der Waals surface area contributed by atoms with Crippen LogP contribution in [-0.4, -0.2) is 25.7 Å². The van der Waals surface area contributed by atoms with Gasteiger partial charge in [0.2, 0.25) is 0 Å². The number of pyridine rings is 1. The molecule has 3 heterocycles. The molecule has 1 aromatic carbocycles. The number of aromatic nitrogens is 4. The third kappa shape index (κ3) is 4.47. The van der Waals surface area contributed by atoms with E-state index in [0.29, 0.717) is 17.1 Å². The van der Waals surface area contributed by atoms with Crippen molar-refractivity contribution < 1.29 is 4.79 Å². The predicted octanol–water partition coefficient (Wildman–Crippen LogP) is 4.58. The zero-order valence-corrected chi connectivity index (χ0v) is 16.7. The summed E-state index contributed by atoms with van der Waals surface area (Å²) in [5, 5.41) is 9.04. The Morgan fingerprint density at radius 3 is 2.71 bits per heavy atom. The minimum absolute atomic E-state index is 0.164. The van der Waals surface area contributed by atoms with Crippen molar-refractivity contribution in [3.8, 4) is 5.82 Å². The van der Waals surface area contributed by atoms with Crippen LogP contribution in [0.3, 0.4) is 0 Å². The van der Waals surface area contributed by atoms with Crippen LogP contribution in [0.2, 0.25) is 0 Å². The van der Waals surface area contributed by atoms with Gasteiger partial charge in [-0.15, -0.1) is 11.3 Å². The van der Waals surface area contributed by atoms with Crippen molar-refractivity contribution in [3.05, 3.63) is 83.3 Å². The van der Waals surface area contributed by atoms with Gasteiger partial charge in [0.15, 0.2) is 5.82 Å². The lowest BCUT2D eigenvalue weighted by atomic mass is 10.1. The number of hydrogen-bond donors (Lipinski definition) is 1. The molecule has 140 valence electrons. The fourth-order valence-corrected chi connectivity index (χ4v) is 4.30. The average molecular weight is 408 g/mol. The van der Waals surface area contributed by atoms with Crippen molar-refractivity contribution in [2.75, 3.05) is 5.32 Å². The molecular weight excluding hydrogens is 390 g/mol. The van der Waals surface area contributed by atoms with E-state index in [0.717, 1.165) is 21.3 Å². The molecule has 8 heteroatoms. The van der Waals surface area contributed by atoms with Crippen LogP contribution in [0.1, 0.15) is 21.6 Å². The van der Waals surface area contributed by atoms with Crippen molar-refractivity contribution >= 4 is 34.7 Å². The normalized spacial score (nSPS) is 10.8. The maximum absolute atomic E-state index is 12.5. The summed E-state index contributed by atoms with van der Waals surface area (Å²) in [5.74, 6) is 1.36. The number of rotatable bonds is 6. The average Bonchev–Trinajstić information content (AvgIpc) is 3.39. The first-order valence-electron chi connectivity index (χ1n) is 8.59. The van der Waals surface area contributed by atoms with E-state index in [4.69, 9.17) is 0 Å². The number of amides is 1. The SMILES string of the molecule is Cc1csc(SCc2ccc(C(=O)Nc3ccc(-n4cccn4)nc3)cc2)n1. The Morgan fingerprint density at radius 1 is 1.21 bits per heavy atom. The van der Waals surface area contributed by atoms with Crippen LogP contribution in [0.15, 0.2) is 70.8 Å². The number of benzene rings is 1. The highest BCUT2D eigenvalue weighted by Crippen LogP contribution is 2.26. The van der Waals surface area contributed by atoms with E-state index in [1.54, 1.807) is 40.2 Å². The van der Waals surface area contributed by atoms with E-state index in [-0.39, 0.29) is 5.91 Å². The number of carbonyl (C=O) groups is 1. The van der Waals surface area contributed by atoms with Crippen LogP contribution in [0, 0.1) is 6.92 Å². The summed E-state index contributed by atoms with van der Waals surface area (Å²) in [5.41, 5.74) is 3.45. The second-order valence-corrected chi connectivity index (χ2v) is 8.13. The molecule has 0 atom stereocenters. The van der Waals surface area contributed by atoms with Crippen LogP contribution in [0.5, 0.6) is 0 Å². The molecule has 0 spiro atoms. The Morgan fingerprint density at radius 2 is 2.07 bits per heavy atom. The smallest absolute Gasteiger partial charge is 0.255 e. The zero-order chi connectivity index (χ0) is 19.3. The van der Waals surface area contributed by atoms with Gasteiger partial charge < -0.3 is 5.32 Å². The summed E-state index contributed by atoms with van der Waals surface area (Å²) in [6.07, 6.45) is 5.13. The molecule has 0 unspecified atom stereocenters. The van der Waals surface area contributed by atoms with E-state index in [1.807, 2.05) is 61.0 Å². The van der Waals surface area contributed by atoms with Gasteiger partial charge >= 0.3 is 0 Å². The van der Waals surface area contributed by atoms with Crippen molar-refractivity contribution in [1.29, 1.82) is 0 Å². The van der Waals surface area contributed by atoms with Crippen molar-refractivity contribution in [2.45, 2.75) is 17.0 Å². The standard InChI is InChI=1S/C20H17N5OS2/c1-14-12-27-20(23-14)28-13-15-3-5-16(6-4-15)19(26)24-17-7-8-18(21-11-17)25-10-2-9-22-25/h2-12H,13H2,1H3,(H,24,26). The highest BCUT2D eigenvalue weighted by Gasteiger charge is 2.08. The third-order valence-corrected chi connectivity index (χ3v) is 6.13. The van der Waals surface area contributed by atoms with E-state index < -0.39 is 0 Å². The number of aryl methyl sites for hydroxylation is 1. The molecule has 4 rings (SSSR count). The second kappa shape index (κ2) is 8.37. The van der Waals surface area contributed by atoms with Gasteiger partial charge in [0.25, 0.3) is 5.91 Å². The molecule has 3 aromatic heterocycles. The van der Waals surface area contributed by atoms with Gasteiger partial charge in [0.05, 0.1) is 11.9 Å². The summed E-state index contributed by atoms with van der Waals surface area (Å²) >= 11 is 3.36. The molecular formula is C20H17N5OS2. The molecule has 6 nitrogen and oxygen atoms in total. The van der Waals surface area contributed by atoms with Gasteiger partial charge in [0, 0.05) is 34.8 Å². The Balaban J connectivity index is 1.35. The van der Waals surface area contributed by atoms with Crippen LogP contribution < -0.4 is 5.32 Å². The first-order valence-corrected chi connectivity index (χ1v) is 10.5. The zero-order valence-electron chi connectivity index (χ0n) is 15.1. The van der Waals surface area contributed by atoms with Crippen LogP contribution >= 0.6 is 23.1 Å². The van der Waals surface area contributed by atoms with E-state index in [2.05, 4.69) is 20.4 Å². The molecule has 1 amide bonds. The number of nitrogens with one attached hydrogen (secondary N) is 1. The molecule has 0 radical (unpaired) electrons. The van der Waals surface area contributed by atoms with Gasteiger partial charge in [0.1, 0.15) is 4.34 Å².